The van der Waals surface area contributed by atoms with Gasteiger partial charge in [-0.25, -0.2) is 0 Å². The first kappa shape index (κ1) is 11.3. The lowest BCUT2D eigenvalue weighted by molar-refractivity contribution is 0.500. The van der Waals surface area contributed by atoms with E-state index in [1.54, 1.807) is 6.20 Å². The fourth-order valence-electron chi connectivity index (χ4n) is 1.33. The van der Waals surface area contributed by atoms with Crippen LogP contribution >= 0.6 is 15.9 Å². The first-order valence-corrected chi connectivity index (χ1v) is 6.02. The molecule has 0 amide bonds. The van der Waals surface area contributed by atoms with Crippen LogP contribution in [0, 0.1) is 6.92 Å². The molecule has 2 rings (SSSR count). The molecular weight excluding hydrogens is 270 g/mol. The fraction of sp³-hybridized carbons (Fsp3) is 0.364. The van der Waals surface area contributed by atoms with Gasteiger partial charge in [0.05, 0.1) is 4.83 Å². The first-order chi connectivity index (χ1) is 7.70. The molecule has 0 aliphatic carbocycles. The van der Waals surface area contributed by atoms with Gasteiger partial charge in [0.1, 0.15) is 0 Å². The molecule has 0 N–H and O–H groups in total. The molecule has 2 heterocycles. The van der Waals surface area contributed by atoms with Gasteiger partial charge in [0.2, 0.25) is 11.8 Å². The third kappa shape index (κ3) is 2.29. The molecule has 0 bridgehead atoms. The van der Waals surface area contributed by atoms with Gasteiger partial charge in [-0.3, -0.25) is 4.98 Å². The third-order valence-corrected chi connectivity index (χ3v) is 3.25. The largest absolute Gasteiger partial charge is 0.419 e. The Morgan fingerprint density at radius 2 is 2.25 bits per heavy atom. The number of halogens is 1. The number of alkyl halides is 1. The van der Waals surface area contributed by atoms with Crippen molar-refractivity contribution in [3.63, 3.8) is 0 Å². The van der Waals surface area contributed by atoms with Crippen molar-refractivity contribution in [1.29, 1.82) is 0 Å². The van der Waals surface area contributed by atoms with Crippen molar-refractivity contribution in [3.05, 3.63) is 29.9 Å². The van der Waals surface area contributed by atoms with Crippen molar-refractivity contribution in [2.45, 2.75) is 25.1 Å². The Hall–Kier alpha value is -1.23. The molecular formula is C11H12BrN3O. The van der Waals surface area contributed by atoms with Crippen LogP contribution in [0.5, 0.6) is 0 Å². The Labute approximate surface area is 102 Å². The quantitative estimate of drug-likeness (QED) is 0.810. The lowest BCUT2D eigenvalue weighted by Crippen LogP contribution is -1.86. The average molecular weight is 282 g/mol. The first-order valence-electron chi connectivity index (χ1n) is 5.11. The minimum absolute atomic E-state index is 0.122. The summed E-state index contributed by atoms with van der Waals surface area (Å²) in [6.45, 7) is 3.99. The Morgan fingerprint density at radius 1 is 1.44 bits per heavy atom. The van der Waals surface area contributed by atoms with Gasteiger partial charge in [-0.05, 0) is 25.5 Å². The van der Waals surface area contributed by atoms with Crippen molar-refractivity contribution in [1.82, 2.24) is 15.2 Å². The molecule has 0 saturated heterocycles. The summed E-state index contributed by atoms with van der Waals surface area (Å²) in [6.07, 6.45) is 2.65. The van der Waals surface area contributed by atoms with Gasteiger partial charge >= 0.3 is 0 Å². The molecule has 0 radical (unpaired) electrons. The molecule has 0 aromatic carbocycles. The van der Waals surface area contributed by atoms with Gasteiger partial charge in [0, 0.05) is 17.5 Å². The standard InChI is InChI=1S/C11H12BrN3O/c1-3-9(12)11-15-14-10(16-11)8-4-5-13-7(2)6-8/h4-6,9H,3H2,1-2H3. The highest BCUT2D eigenvalue weighted by Crippen LogP contribution is 2.27. The highest BCUT2D eigenvalue weighted by atomic mass is 79.9. The van der Waals surface area contributed by atoms with Crippen molar-refractivity contribution in [2.75, 3.05) is 0 Å². The van der Waals surface area contributed by atoms with E-state index in [-0.39, 0.29) is 4.83 Å². The molecule has 84 valence electrons. The maximum Gasteiger partial charge on any atom is 0.247 e. The number of rotatable bonds is 3. The summed E-state index contributed by atoms with van der Waals surface area (Å²) < 4.78 is 5.58. The summed E-state index contributed by atoms with van der Waals surface area (Å²) >= 11 is 3.48. The van der Waals surface area contributed by atoms with Crippen LogP contribution in [0.15, 0.2) is 22.7 Å². The van der Waals surface area contributed by atoms with Gasteiger partial charge in [-0.1, -0.05) is 22.9 Å². The maximum atomic E-state index is 5.58. The third-order valence-electron chi connectivity index (χ3n) is 2.21. The number of hydrogen-bond acceptors (Lipinski definition) is 4. The van der Waals surface area contributed by atoms with E-state index in [0.29, 0.717) is 11.8 Å². The summed E-state index contributed by atoms with van der Waals surface area (Å²) in [4.78, 5) is 4.25. The Kier molecular flexibility index (Phi) is 3.33. The van der Waals surface area contributed by atoms with Crippen molar-refractivity contribution >= 4 is 15.9 Å². The zero-order valence-electron chi connectivity index (χ0n) is 9.14. The number of hydrogen-bond donors (Lipinski definition) is 0. The highest BCUT2D eigenvalue weighted by molar-refractivity contribution is 9.09. The lowest BCUT2D eigenvalue weighted by Gasteiger charge is -1.98. The van der Waals surface area contributed by atoms with Crippen LogP contribution in [-0.2, 0) is 0 Å². The van der Waals surface area contributed by atoms with Crippen LogP contribution in [0.2, 0.25) is 0 Å². The Bertz CT molecular complexity index is 484. The summed E-state index contributed by atoms with van der Waals surface area (Å²) in [5.41, 5.74) is 1.84. The van der Waals surface area contributed by atoms with Crippen LogP contribution in [0.4, 0.5) is 0 Å². The van der Waals surface area contributed by atoms with Gasteiger partial charge in [0.15, 0.2) is 0 Å². The van der Waals surface area contributed by atoms with Crippen LogP contribution < -0.4 is 0 Å². The van der Waals surface area contributed by atoms with E-state index in [9.17, 15) is 0 Å². The monoisotopic (exact) mass is 281 g/mol. The molecule has 0 aliphatic rings. The minimum Gasteiger partial charge on any atom is -0.419 e. The highest BCUT2D eigenvalue weighted by Gasteiger charge is 2.14. The predicted molar refractivity (Wildman–Crippen MR) is 64.2 cm³/mol. The van der Waals surface area contributed by atoms with Gasteiger partial charge in [0.25, 0.3) is 0 Å². The number of pyridine rings is 1. The molecule has 4 nitrogen and oxygen atoms in total. The molecule has 5 heteroatoms. The summed E-state index contributed by atoms with van der Waals surface area (Å²) in [6, 6.07) is 3.78. The second-order valence-corrected chi connectivity index (χ2v) is 4.61. The van der Waals surface area contributed by atoms with Crippen LogP contribution in [-0.4, -0.2) is 15.2 Å². The lowest BCUT2D eigenvalue weighted by atomic mass is 10.2. The van der Waals surface area contributed by atoms with Crippen LogP contribution in [0.3, 0.4) is 0 Å². The molecule has 2 aromatic rings. The second-order valence-electron chi connectivity index (χ2n) is 3.51. The molecule has 1 unspecified atom stereocenters. The zero-order valence-corrected chi connectivity index (χ0v) is 10.7. The summed E-state index contributed by atoms with van der Waals surface area (Å²) in [5.74, 6) is 1.16. The van der Waals surface area contributed by atoms with E-state index in [2.05, 4.69) is 38.0 Å². The smallest absolute Gasteiger partial charge is 0.247 e. The summed E-state index contributed by atoms with van der Waals surface area (Å²) in [7, 11) is 0. The SMILES string of the molecule is CCC(Br)c1nnc(-c2ccnc(C)c2)o1. The van der Waals surface area contributed by atoms with Crippen molar-refractivity contribution in [3.8, 4) is 11.5 Å². The molecule has 0 aliphatic heterocycles. The van der Waals surface area contributed by atoms with E-state index < -0.39 is 0 Å². The van der Waals surface area contributed by atoms with Crippen molar-refractivity contribution in [2.24, 2.45) is 0 Å². The van der Waals surface area contributed by atoms with Crippen molar-refractivity contribution < 1.29 is 4.42 Å². The molecule has 0 spiro atoms. The van der Waals surface area contributed by atoms with Gasteiger partial charge < -0.3 is 4.42 Å². The van der Waals surface area contributed by atoms with Crippen LogP contribution in [0.1, 0.15) is 29.8 Å². The Morgan fingerprint density at radius 3 is 2.94 bits per heavy atom. The fourth-order valence-corrected chi connectivity index (χ4v) is 1.52. The minimum atomic E-state index is 0.122. The normalized spacial score (nSPS) is 12.7. The number of nitrogens with zero attached hydrogens (tertiary/aromatic N) is 3. The number of aromatic nitrogens is 3. The molecule has 2 aromatic heterocycles. The van der Waals surface area contributed by atoms with Crippen LogP contribution in [0.25, 0.3) is 11.5 Å². The van der Waals surface area contributed by atoms with E-state index in [1.165, 1.54) is 0 Å². The molecule has 0 saturated carbocycles. The predicted octanol–water partition coefficient (Wildman–Crippen LogP) is 3.29. The zero-order chi connectivity index (χ0) is 11.5. The Balaban J connectivity index is 2.31. The maximum absolute atomic E-state index is 5.58. The van der Waals surface area contributed by atoms with E-state index in [0.717, 1.165) is 17.7 Å². The van der Waals surface area contributed by atoms with E-state index >= 15 is 0 Å². The average Bonchev–Trinajstić information content (AvgIpc) is 2.77. The molecule has 0 fully saturated rings. The summed E-state index contributed by atoms with van der Waals surface area (Å²) in [5, 5.41) is 8.03. The van der Waals surface area contributed by atoms with E-state index in [4.69, 9.17) is 4.42 Å². The molecule has 16 heavy (non-hydrogen) atoms. The van der Waals surface area contributed by atoms with E-state index in [1.807, 2.05) is 19.1 Å². The number of aryl methyl sites for hydroxylation is 1. The topological polar surface area (TPSA) is 51.8 Å². The van der Waals surface area contributed by atoms with Gasteiger partial charge in [-0.2, -0.15) is 0 Å². The second kappa shape index (κ2) is 4.74. The molecule has 1 atom stereocenters. The van der Waals surface area contributed by atoms with Gasteiger partial charge in [-0.15, -0.1) is 10.2 Å².